The molecule has 5 atom stereocenters. The topological polar surface area (TPSA) is 178 Å². The predicted octanol–water partition coefficient (Wildman–Crippen LogP) is 6.26. The number of pyridine rings is 2. The van der Waals surface area contributed by atoms with Gasteiger partial charge in [0.1, 0.15) is 42.1 Å². The van der Waals surface area contributed by atoms with Gasteiger partial charge in [-0.3, -0.25) is 4.98 Å². The number of rotatable bonds is 9. The number of carbonyl (C=O) groups excluding carboxylic acids is 2. The fourth-order valence-corrected chi connectivity index (χ4v) is 8.28. The molecule has 8 rings (SSSR count). The maximum Gasteiger partial charge on any atom is 0.417 e. The molecule has 2 aliphatic carbocycles. The summed E-state index contributed by atoms with van der Waals surface area (Å²) < 4.78 is 64.6. The molecule has 4 aromatic rings. The molecule has 1 spiro atoms. The molecular weight excluding hydrogens is 796 g/mol. The highest BCUT2D eigenvalue weighted by atomic mass is 35.5. The van der Waals surface area contributed by atoms with Gasteiger partial charge in [-0.2, -0.15) is 13.2 Å². The van der Waals surface area contributed by atoms with Crippen molar-refractivity contribution in [1.82, 2.24) is 15.1 Å². The Morgan fingerprint density at radius 3 is 2.39 bits per heavy atom. The number of allylic oxidation sites excluding steroid dienone is 2. The Bertz CT molecular complexity index is 2270. The molecule has 3 N–H and O–H groups in total. The molecule has 5 heterocycles. The summed E-state index contributed by atoms with van der Waals surface area (Å²) in [6.45, 7) is 4.24. The fourth-order valence-electron chi connectivity index (χ4n) is 7.74. The highest BCUT2D eigenvalue weighted by Crippen LogP contribution is 2.56. The van der Waals surface area contributed by atoms with Crippen molar-refractivity contribution in [2.75, 3.05) is 24.6 Å². The molecule has 0 radical (unpaired) electrons. The van der Waals surface area contributed by atoms with E-state index < -0.39 is 60.1 Å². The smallest absolute Gasteiger partial charge is 0.417 e. The first-order chi connectivity index (χ1) is 27.2. The summed E-state index contributed by atoms with van der Waals surface area (Å²) >= 11 is 13.0. The summed E-state index contributed by atoms with van der Waals surface area (Å²) in [5.41, 5.74) is 1.51. The largest absolute Gasteiger partial charge is 0.459 e. The van der Waals surface area contributed by atoms with Crippen LogP contribution in [0.1, 0.15) is 65.4 Å². The van der Waals surface area contributed by atoms with E-state index in [1.807, 2.05) is 4.90 Å². The summed E-state index contributed by atoms with van der Waals surface area (Å²) in [6.07, 6.45) is -4.16. The van der Waals surface area contributed by atoms with Crippen LogP contribution >= 0.6 is 23.2 Å². The van der Waals surface area contributed by atoms with E-state index in [9.17, 15) is 38.1 Å². The molecule has 4 aliphatic rings. The molecule has 57 heavy (non-hydrogen) atoms. The number of piperidine rings is 1. The van der Waals surface area contributed by atoms with Gasteiger partial charge < -0.3 is 39.0 Å². The fraction of sp³-hybridized carbons (Fsp3) is 0.410. The monoisotopic (exact) mass is 830 g/mol. The van der Waals surface area contributed by atoms with Crippen LogP contribution in [0.15, 0.2) is 59.9 Å². The number of hydrogen-bond acceptors (Lipinski definition) is 13. The van der Waals surface area contributed by atoms with Crippen LogP contribution in [0.4, 0.5) is 18.9 Å². The van der Waals surface area contributed by atoms with E-state index in [-0.39, 0.29) is 28.8 Å². The summed E-state index contributed by atoms with van der Waals surface area (Å²) in [4.78, 5) is 35.7. The second-order valence-electron chi connectivity index (χ2n) is 14.7. The highest BCUT2D eigenvalue weighted by molar-refractivity contribution is 6.39. The minimum absolute atomic E-state index is 0.118. The highest BCUT2D eigenvalue weighted by Gasteiger charge is 2.50. The Morgan fingerprint density at radius 2 is 1.74 bits per heavy atom. The van der Waals surface area contributed by atoms with Gasteiger partial charge in [0, 0.05) is 53.6 Å². The number of nitrogens with zero attached hydrogens (tertiary/aromatic N) is 4. The molecule has 18 heteroatoms. The lowest BCUT2D eigenvalue weighted by molar-refractivity contribution is -0.279. The Morgan fingerprint density at radius 1 is 1.04 bits per heavy atom. The Balaban J connectivity index is 0.997. The molecule has 2 saturated heterocycles. The van der Waals surface area contributed by atoms with Crippen molar-refractivity contribution in [2.24, 2.45) is 5.41 Å². The van der Waals surface area contributed by atoms with Crippen LogP contribution in [-0.2, 0) is 25.2 Å². The van der Waals surface area contributed by atoms with E-state index in [1.165, 1.54) is 30.6 Å². The molecule has 1 saturated carbocycles. The minimum atomic E-state index is -4.92. The van der Waals surface area contributed by atoms with Gasteiger partial charge in [-0.05, 0) is 67.4 Å². The second kappa shape index (κ2) is 15.0. The van der Waals surface area contributed by atoms with Crippen molar-refractivity contribution in [3.8, 4) is 11.3 Å². The van der Waals surface area contributed by atoms with Crippen molar-refractivity contribution in [3.05, 3.63) is 88.0 Å². The van der Waals surface area contributed by atoms with Crippen LogP contribution in [0.3, 0.4) is 0 Å². The number of aliphatic hydroxyl groups is 3. The van der Waals surface area contributed by atoms with Crippen LogP contribution < -0.4 is 4.90 Å². The van der Waals surface area contributed by atoms with Crippen molar-refractivity contribution in [1.29, 1.82) is 0 Å². The number of aromatic nitrogens is 3. The van der Waals surface area contributed by atoms with E-state index >= 15 is 0 Å². The van der Waals surface area contributed by atoms with E-state index in [2.05, 4.69) is 27.8 Å². The number of halogens is 5. The SMILES string of the molecule is C=CCOC(=O)C1OC(OC(=O)c2cc(C(F)(F)F)c3cc(N4CCC5(C=C(c6c(-c7c(Cl)cncc7Cl)noc6C6CC6)C5)CC4)ccc3n2)C(O)C(O)C1O. The molecule has 13 nitrogen and oxygen atoms in total. The summed E-state index contributed by atoms with van der Waals surface area (Å²) in [7, 11) is 0. The van der Waals surface area contributed by atoms with Gasteiger partial charge in [0.05, 0.1) is 21.1 Å². The lowest BCUT2D eigenvalue weighted by Crippen LogP contribution is -2.60. The number of ether oxygens (including phenoxy) is 3. The number of alkyl halides is 3. The molecule has 1 aromatic carbocycles. The molecule has 5 unspecified atom stereocenters. The molecule has 3 aromatic heterocycles. The molecule has 0 bridgehead atoms. The second-order valence-corrected chi connectivity index (χ2v) is 15.5. The number of carbonyl (C=O) groups is 2. The average Bonchev–Trinajstić information content (AvgIpc) is 3.93. The third kappa shape index (κ3) is 7.38. The van der Waals surface area contributed by atoms with Crippen LogP contribution in [0, 0.1) is 5.41 Å². The maximum atomic E-state index is 14.6. The van der Waals surface area contributed by atoms with Crippen molar-refractivity contribution in [2.45, 2.75) is 74.9 Å². The van der Waals surface area contributed by atoms with Crippen molar-refractivity contribution in [3.63, 3.8) is 0 Å². The third-order valence-corrected chi connectivity index (χ3v) is 11.5. The average molecular weight is 832 g/mol. The van der Waals surface area contributed by atoms with Gasteiger partial charge >= 0.3 is 18.1 Å². The number of hydrogen-bond donors (Lipinski definition) is 3. The summed E-state index contributed by atoms with van der Waals surface area (Å²) in [5.74, 6) is -1.50. The Kier molecular flexibility index (Phi) is 10.3. The Hall–Kier alpha value is -4.58. The number of anilines is 1. The molecule has 2 aliphatic heterocycles. The van der Waals surface area contributed by atoms with Crippen molar-refractivity contribution < 1.29 is 56.8 Å². The van der Waals surface area contributed by atoms with Crippen molar-refractivity contribution >= 4 is 57.3 Å². The van der Waals surface area contributed by atoms with E-state index in [0.717, 1.165) is 49.0 Å². The van der Waals surface area contributed by atoms with Gasteiger partial charge in [-0.25, -0.2) is 14.6 Å². The Labute approximate surface area is 332 Å². The van der Waals surface area contributed by atoms with Crippen LogP contribution in [0.2, 0.25) is 10.0 Å². The number of aliphatic hydroxyl groups excluding tert-OH is 3. The van der Waals surface area contributed by atoms with E-state index in [0.29, 0.717) is 46.1 Å². The molecule has 300 valence electrons. The molecule has 0 amide bonds. The third-order valence-electron chi connectivity index (χ3n) is 10.9. The van der Waals surface area contributed by atoms with Gasteiger partial charge in [0.2, 0.25) is 6.29 Å². The van der Waals surface area contributed by atoms with Crippen LogP contribution in [-0.4, -0.2) is 92.8 Å². The maximum absolute atomic E-state index is 14.6. The lowest BCUT2D eigenvalue weighted by Gasteiger charge is -2.47. The first-order valence-corrected chi connectivity index (χ1v) is 18.9. The number of fused-ring (bicyclic) bond motifs is 1. The zero-order valence-electron chi connectivity index (χ0n) is 29.9. The van der Waals surface area contributed by atoms with E-state index in [1.54, 1.807) is 6.07 Å². The van der Waals surface area contributed by atoms with Crippen LogP contribution in [0.25, 0.3) is 27.7 Å². The molecule has 3 fully saturated rings. The van der Waals surface area contributed by atoms with Crippen LogP contribution in [0.5, 0.6) is 0 Å². The standard InChI is InChI=1S/C39H35Cl2F3N4O9/c1-2-11-54-36(53)34-31(50)30(49)32(51)37(55-34)56-35(52)26-13-22(39(42,43)44)21-12-20(5-6-25(21)46-26)48-9-7-38(8-10-48)14-19(15-38)27-29(47-57-33(27)18-3-4-18)28-23(40)16-45-17-24(28)41/h2,5-6,12-14,16-18,30-32,34,37,49-51H,1,3-4,7-11,15H2. The first kappa shape index (κ1) is 39.3. The number of esters is 2. The predicted molar refractivity (Wildman–Crippen MR) is 198 cm³/mol. The summed E-state index contributed by atoms with van der Waals surface area (Å²) in [5, 5.41) is 35.8. The normalized spacial score (nSPS) is 24.5. The quantitative estimate of drug-likeness (QED) is 0.127. The van der Waals surface area contributed by atoms with Gasteiger partial charge in [-0.15, -0.1) is 0 Å². The lowest BCUT2D eigenvalue weighted by atomic mass is 9.63. The minimum Gasteiger partial charge on any atom is -0.459 e. The van der Waals surface area contributed by atoms with Gasteiger partial charge in [0.15, 0.2) is 6.10 Å². The van der Waals surface area contributed by atoms with Gasteiger partial charge in [-0.1, -0.05) is 47.1 Å². The molecular formula is C39H35Cl2F3N4O9. The van der Waals surface area contributed by atoms with Gasteiger partial charge in [0.25, 0.3) is 0 Å². The first-order valence-electron chi connectivity index (χ1n) is 18.1. The number of benzene rings is 1. The summed E-state index contributed by atoms with van der Waals surface area (Å²) in [6, 6.07) is 4.92. The van der Waals surface area contributed by atoms with E-state index in [4.69, 9.17) is 41.9 Å². The zero-order valence-corrected chi connectivity index (χ0v) is 31.4. The zero-order chi connectivity index (χ0) is 40.4.